The van der Waals surface area contributed by atoms with E-state index < -0.39 is 0 Å². The molecule has 0 amide bonds. The first-order valence-corrected chi connectivity index (χ1v) is 4.84. The Hall–Kier alpha value is -1.24. The molecule has 1 aromatic rings. The van der Waals surface area contributed by atoms with E-state index in [1.165, 1.54) is 22.3 Å². The van der Waals surface area contributed by atoms with E-state index in [1.807, 2.05) is 0 Å². The molecule has 0 saturated carbocycles. The Labute approximate surface area is 86.4 Å². The van der Waals surface area contributed by atoms with Crippen LogP contribution in [-0.2, 0) is 0 Å². The van der Waals surface area contributed by atoms with E-state index >= 15 is 0 Å². The number of hydrogen-bond acceptors (Lipinski definition) is 1. The third-order valence-electron chi connectivity index (χ3n) is 2.23. The molecule has 0 spiro atoms. The maximum Gasteiger partial charge on any atom is 0.122 e. The SMILES string of the molecule is COc1cc(C)c(C=C(C)C)cc1C. The fourth-order valence-electron chi connectivity index (χ4n) is 1.50. The minimum atomic E-state index is 0.966. The number of benzene rings is 1. The van der Waals surface area contributed by atoms with E-state index in [4.69, 9.17) is 4.74 Å². The molecule has 14 heavy (non-hydrogen) atoms. The number of rotatable bonds is 2. The predicted octanol–water partition coefficient (Wildman–Crippen LogP) is 3.74. The molecule has 0 N–H and O–H groups in total. The lowest BCUT2D eigenvalue weighted by molar-refractivity contribution is 0.411. The predicted molar refractivity (Wildman–Crippen MR) is 61.8 cm³/mol. The average Bonchev–Trinajstić information content (AvgIpc) is 2.10. The zero-order valence-corrected chi connectivity index (χ0v) is 9.64. The molecule has 0 saturated heterocycles. The van der Waals surface area contributed by atoms with Gasteiger partial charge in [-0.05, 0) is 56.5 Å². The third-order valence-corrected chi connectivity index (χ3v) is 2.23. The van der Waals surface area contributed by atoms with Crippen LogP contribution in [0.3, 0.4) is 0 Å². The Morgan fingerprint density at radius 1 is 1.14 bits per heavy atom. The van der Waals surface area contributed by atoms with Gasteiger partial charge in [0.15, 0.2) is 0 Å². The molecule has 1 aromatic carbocycles. The standard InChI is InChI=1S/C13H18O/c1-9(2)6-12-7-11(4)13(14-5)8-10(12)3/h6-8H,1-5H3. The molecule has 0 heterocycles. The van der Waals surface area contributed by atoms with Crippen LogP contribution in [0.15, 0.2) is 17.7 Å². The molecule has 0 fully saturated rings. The summed E-state index contributed by atoms with van der Waals surface area (Å²) < 4.78 is 5.27. The molecule has 1 heteroatoms. The normalized spacial score (nSPS) is 9.79. The van der Waals surface area contributed by atoms with E-state index in [-0.39, 0.29) is 0 Å². The number of hydrogen-bond donors (Lipinski definition) is 0. The Bertz CT molecular complexity index is 358. The molecule has 0 aromatic heterocycles. The van der Waals surface area contributed by atoms with Gasteiger partial charge in [-0.15, -0.1) is 0 Å². The van der Waals surface area contributed by atoms with Crippen molar-refractivity contribution in [2.75, 3.05) is 7.11 Å². The van der Waals surface area contributed by atoms with Gasteiger partial charge in [0.25, 0.3) is 0 Å². The van der Waals surface area contributed by atoms with Crippen LogP contribution in [0, 0.1) is 13.8 Å². The van der Waals surface area contributed by atoms with Gasteiger partial charge in [0.2, 0.25) is 0 Å². The van der Waals surface area contributed by atoms with Gasteiger partial charge in [-0.1, -0.05) is 11.6 Å². The highest BCUT2D eigenvalue weighted by molar-refractivity contribution is 5.59. The van der Waals surface area contributed by atoms with Crippen molar-refractivity contribution in [3.05, 3.63) is 34.4 Å². The number of aryl methyl sites for hydroxylation is 2. The highest BCUT2D eigenvalue weighted by Gasteiger charge is 2.02. The van der Waals surface area contributed by atoms with Gasteiger partial charge in [-0.25, -0.2) is 0 Å². The fourth-order valence-corrected chi connectivity index (χ4v) is 1.50. The molecule has 0 atom stereocenters. The summed E-state index contributed by atoms with van der Waals surface area (Å²) >= 11 is 0. The summed E-state index contributed by atoms with van der Waals surface area (Å²) in [6.07, 6.45) is 2.20. The largest absolute Gasteiger partial charge is 0.496 e. The Morgan fingerprint density at radius 3 is 2.29 bits per heavy atom. The highest BCUT2D eigenvalue weighted by Crippen LogP contribution is 2.23. The van der Waals surface area contributed by atoms with Crippen LogP contribution in [0.5, 0.6) is 5.75 Å². The summed E-state index contributed by atoms with van der Waals surface area (Å²) in [5.41, 5.74) is 5.04. The van der Waals surface area contributed by atoms with Gasteiger partial charge in [-0.3, -0.25) is 0 Å². The molecule has 0 aliphatic carbocycles. The average molecular weight is 190 g/mol. The van der Waals surface area contributed by atoms with Gasteiger partial charge in [0.05, 0.1) is 7.11 Å². The van der Waals surface area contributed by atoms with E-state index in [2.05, 4.69) is 45.9 Å². The van der Waals surface area contributed by atoms with E-state index in [0.717, 1.165) is 5.75 Å². The van der Waals surface area contributed by atoms with E-state index in [0.29, 0.717) is 0 Å². The molecule has 76 valence electrons. The summed E-state index contributed by atoms with van der Waals surface area (Å²) in [7, 11) is 1.71. The lowest BCUT2D eigenvalue weighted by atomic mass is 10.0. The lowest BCUT2D eigenvalue weighted by Crippen LogP contribution is -1.90. The van der Waals surface area contributed by atoms with Gasteiger partial charge >= 0.3 is 0 Å². The van der Waals surface area contributed by atoms with Gasteiger partial charge in [0, 0.05) is 0 Å². The van der Waals surface area contributed by atoms with Crippen molar-refractivity contribution in [2.24, 2.45) is 0 Å². The summed E-state index contributed by atoms with van der Waals surface area (Å²) in [5.74, 6) is 0.966. The van der Waals surface area contributed by atoms with Crippen LogP contribution in [0.1, 0.15) is 30.5 Å². The van der Waals surface area contributed by atoms with Crippen molar-refractivity contribution < 1.29 is 4.74 Å². The first kappa shape index (κ1) is 10.8. The van der Waals surface area contributed by atoms with Crippen LogP contribution < -0.4 is 4.74 Å². The monoisotopic (exact) mass is 190 g/mol. The first-order valence-electron chi connectivity index (χ1n) is 4.84. The number of ether oxygens (including phenoxy) is 1. The van der Waals surface area contributed by atoms with Crippen LogP contribution in [0.4, 0.5) is 0 Å². The Morgan fingerprint density at radius 2 is 1.79 bits per heavy atom. The van der Waals surface area contributed by atoms with Crippen LogP contribution in [0.25, 0.3) is 6.08 Å². The van der Waals surface area contributed by atoms with Crippen molar-refractivity contribution in [2.45, 2.75) is 27.7 Å². The zero-order chi connectivity index (χ0) is 10.7. The lowest BCUT2D eigenvalue weighted by Gasteiger charge is -2.08. The zero-order valence-electron chi connectivity index (χ0n) is 9.64. The Balaban J connectivity index is 3.22. The number of allylic oxidation sites excluding steroid dienone is 1. The van der Waals surface area contributed by atoms with Gasteiger partial charge in [0.1, 0.15) is 5.75 Å². The molecule has 0 bridgehead atoms. The highest BCUT2D eigenvalue weighted by atomic mass is 16.5. The first-order chi connectivity index (χ1) is 6.54. The second-order valence-electron chi connectivity index (χ2n) is 3.90. The summed E-state index contributed by atoms with van der Waals surface area (Å²) in [5, 5.41) is 0. The topological polar surface area (TPSA) is 9.23 Å². The maximum atomic E-state index is 5.27. The molecule has 0 radical (unpaired) electrons. The molecule has 0 unspecified atom stereocenters. The van der Waals surface area contributed by atoms with Crippen LogP contribution >= 0.6 is 0 Å². The summed E-state index contributed by atoms with van der Waals surface area (Å²) in [6, 6.07) is 4.26. The van der Waals surface area contributed by atoms with Crippen molar-refractivity contribution in [3.8, 4) is 5.75 Å². The Kier molecular flexibility index (Phi) is 3.34. The minimum absolute atomic E-state index is 0.966. The molecular formula is C13H18O. The van der Waals surface area contributed by atoms with Gasteiger partial charge < -0.3 is 4.74 Å². The maximum absolute atomic E-state index is 5.27. The van der Waals surface area contributed by atoms with Crippen LogP contribution in [0.2, 0.25) is 0 Å². The molecule has 0 aliphatic rings. The molecule has 0 aliphatic heterocycles. The minimum Gasteiger partial charge on any atom is -0.496 e. The van der Waals surface area contributed by atoms with Crippen molar-refractivity contribution in [1.82, 2.24) is 0 Å². The second-order valence-corrected chi connectivity index (χ2v) is 3.90. The van der Waals surface area contributed by atoms with Crippen molar-refractivity contribution in [1.29, 1.82) is 0 Å². The van der Waals surface area contributed by atoms with Crippen molar-refractivity contribution in [3.63, 3.8) is 0 Å². The summed E-state index contributed by atoms with van der Waals surface area (Å²) in [4.78, 5) is 0. The smallest absolute Gasteiger partial charge is 0.122 e. The molecular weight excluding hydrogens is 172 g/mol. The third kappa shape index (κ3) is 2.38. The number of methoxy groups -OCH3 is 1. The molecule has 1 nitrogen and oxygen atoms in total. The fraction of sp³-hybridized carbons (Fsp3) is 0.385. The van der Waals surface area contributed by atoms with Crippen molar-refractivity contribution >= 4 is 6.08 Å². The second kappa shape index (κ2) is 4.32. The van der Waals surface area contributed by atoms with Gasteiger partial charge in [-0.2, -0.15) is 0 Å². The van der Waals surface area contributed by atoms with Crippen LogP contribution in [-0.4, -0.2) is 7.11 Å². The van der Waals surface area contributed by atoms with E-state index in [1.54, 1.807) is 7.11 Å². The van der Waals surface area contributed by atoms with E-state index in [9.17, 15) is 0 Å². The molecule has 1 rings (SSSR count). The quantitative estimate of drug-likeness (QED) is 0.690. The summed E-state index contributed by atoms with van der Waals surface area (Å²) in [6.45, 7) is 8.40.